The van der Waals surface area contributed by atoms with E-state index in [0.29, 0.717) is 31.6 Å². The van der Waals surface area contributed by atoms with Crippen LogP contribution in [-0.2, 0) is 34.0 Å². The Bertz CT molecular complexity index is 1130. The smallest absolute Gasteiger partial charge is 0.726 e. The van der Waals surface area contributed by atoms with Crippen LogP contribution in [0.4, 0.5) is 0 Å². The van der Waals surface area contributed by atoms with Gasteiger partial charge < -0.3 is 14.2 Å². The second kappa shape index (κ2) is 14.4. The molecule has 0 aliphatic heterocycles. The Hall–Kier alpha value is 1.37. The number of aliphatic hydroxyl groups is 1. The van der Waals surface area contributed by atoms with Gasteiger partial charge >= 0.3 is 59.1 Å². The molecule has 0 radical (unpaired) electrons. The van der Waals surface area contributed by atoms with Crippen LogP contribution < -0.4 is 59.1 Å². The normalized spacial score (nSPS) is 39.6. The van der Waals surface area contributed by atoms with Crippen molar-refractivity contribution in [2.24, 2.45) is 52.3 Å². The van der Waals surface area contributed by atoms with Gasteiger partial charge in [-0.3, -0.25) is 13.2 Å². The van der Waals surface area contributed by atoms with E-state index in [4.69, 9.17) is 4.18 Å². The van der Waals surface area contributed by atoms with E-state index >= 15 is 0 Å². The van der Waals surface area contributed by atoms with Gasteiger partial charge in [-0.05, 0) is 91.3 Å². The van der Waals surface area contributed by atoms with E-state index in [1.807, 2.05) is 6.92 Å². The van der Waals surface area contributed by atoms with Crippen LogP contribution in [0.2, 0.25) is 0 Å². The minimum Gasteiger partial charge on any atom is -0.726 e. The van der Waals surface area contributed by atoms with E-state index in [2.05, 4.69) is 25.0 Å². The van der Waals surface area contributed by atoms with Crippen LogP contribution in [0.1, 0.15) is 91.9 Å². The number of carbonyl (C=O) groups is 1. The molecule has 0 aromatic rings. The third kappa shape index (κ3) is 8.40. The zero-order valence-corrected chi connectivity index (χ0v) is 31.0. The van der Waals surface area contributed by atoms with Crippen LogP contribution in [0, 0.1) is 52.3 Å². The van der Waals surface area contributed by atoms with E-state index in [1.54, 1.807) is 0 Å². The van der Waals surface area contributed by atoms with Crippen LogP contribution in [0.5, 0.6) is 0 Å². The minimum absolute atomic E-state index is 0. The average Bonchev–Trinajstić information content (AvgIpc) is 3.12. The molecule has 0 spiro atoms. The first-order valence-corrected chi connectivity index (χ1v) is 17.1. The van der Waals surface area contributed by atoms with Gasteiger partial charge in [0.2, 0.25) is 20.8 Å². The predicted molar refractivity (Wildman–Crippen MR) is 139 cm³/mol. The van der Waals surface area contributed by atoms with Crippen molar-refractivity contribution in [3.8, 4) is 0 Å². The van der Waals surface area contributed by atoms with Crippen LogP contribution in [0.3, 0.4) is 0 Å². The van der Waals surface area contributed by atoms with Gasteiger partial charge in [0.1, 0.15) is 11.9 Å². The van der Waals surface area contributed by atoms with Crippen molar-refractivity contribution in [3.63, 3.8) is 0 Å². The molecule has 14 heteroatoms. The minimum atomic E-state index is -4.95. The molecule has 0 heterocycles. The summed E-state index contributed by atoms with van der Waals surface area (Å²) in [6.45, 7) is 8.28. The van der Waals surface area contributed by atoms with Crippen LogP contribution >= 0.6 is 0 Å². The Morgan fingerprint density at radius 1 is 0.927 bits per heavy atom. The van der Waals surface area contributed by atoms with Crippen LogP contribution in [0.15, 0.2) is 0 Å². The molecule has 0 amide bonds. The fraction of sp³-hybridized carbons (Fsp3) is 0.963. The summed E-state index contributed by atoms with van der Waals surface area (Å²) in [6, 6.07) is 0. The number of fused-ring (bicyclic) bond motifs is 5. The predicted octanol–water partition coefficient (Wildman–Crippen LogP) is -2.43. The van der Waals surface area contributed by atoms with Crippen molar-refractivity contribution in [1.29, 1.82) is 0 Å². The molecule has 4 aliphatic rings. The monoisotopic (exact) mass is 638 g/mol. The average molecular weight is 639 g/mol. The maximum atomic E-state index is 14.0. The maximum absolute atomic E-state index is 14.0. The molecule has 4 fully saturated rings. The molecule has 10 atom stereocenters. The Morgan fingerprint density at radius 3 is 2.15 bits per heavy atom. The molecule has 41 heavy (non-hydrogen) atoms. The topological polar surface area (TPSA) is 170 Å². The molecule has 1 N–H and O–H groups in total. The molecule has 4 aliphatic carbocycles. The van der Waals surface area contributed by atoms with Gasteiger partial charge in [-0.1, -0.05) is 40.5 Å². The summed E-state index contributed by atoms with van der Waals surface area (Å²) in [7, 11) is -9.77. The molecule has 0 aromatic carbocycles. The molecule has 4 saturated carbocycles. The molecular formula is C27H44Na2O10S2. The molecular weight excluding hydrogens is 594 g/mol. The second-order valence-electron chi connectivity index (χ2n) is 13.6. The number of aliphatic hydroxyl groups excluding tert-OH is 1. The van der Waals surface area contributed by atoms with Gasteiger partial charge in [0.25, 0.3) is 0 Å². The Balaban J connectivity index is 0.00000294. The Morgan fingerprint density at radius 2 is 1.56 bits per heavy atom. The van der Waals surface area contributed by atoms with Gasteiger partial charge in [-0.2, -0.15) is 0 Å². The van der Waals surface area contributed by atoms with E-state index < -0.39 is 38.4 Å². The third-order valence-corrected chi connectivity index (χ3v) is 12.0. The van der Waals surface area contributed by atoms with E-state index in [1.165, 1.54) is 0 Å². The van der Waals surface area contributed by atoms with Crippen molar-refractivity contribution < 1.29 is 103 Å². The summed E-state index contributed by atoms with van der Waals surface area (Å²) in [5, 5.41) is 11.0. The second-order valence-corrected chi connectivity index (χ2v) is 15.7. The zero-order chi connectivity index (χ0) is 29.0. The molecule has 0 bridgehead atoms. The van der Waals surface area contributed by atoms with E-state index in [-0.39, 0.29) is 119 Å². The number of carbonyl (C=O) groups excluding carboxylic acids is 1. The summed E-state index contributed by atoms with van der Waals surface area (Å²) in [4.78, 5) is 14.0. The van der Waals surface area contributed by atoms with Crippen molar-refractivity contribution in [2.75, 3.05) is 6.61 Å². The zero-order valence-electron chi connectivity index (χ0n) is 25.4. The first kappa shape index (κ1) is 38.6. The van der Waals surface area contributed by atoms with Crippen molar-refractivity contribution in [3.05, 3.63) is 0 Å². The van der Waals surface area contributed by atoms with Gasteiger partial charge in [0.05, 0.1) is 12.7 Å². The summed E-state index contributed by atoms with van der Waals surface area (Å²) < 4.78 is 77.0. The standard InChI is InChI=1S/C27H46O10S2.2Na/c1-16(2)6-5-7-17(15-36-38(30,31)32)19-10-11-20-18-8-9-21-25(29)23(37-39(33,34)35)12-13-26(21,3)24(18)22(28)14-27(19,20)4;;/h16-21,23-25,29H,5-15H2,1-4H3,(H,30,31,32)(H,33,34,35);;/q;2*+1/p-2/t17-,18-,19+,20-,21+,23+,24+,25-,26-,27+;;/m0../s1. The number of rotatable bonds is 10. The molecule has 0 saturated heterocycles. The van der Waals surface area contributed by atoms with Gasteiger partial charge in [-0.25, -0.2) is 16.8 Å². The van der Waals surface area contributed by atoms with E-state index in [0.717, 1.165) is 32.1 Å². The van der Waals surface area contributed by atoms with Gasteiger partial charge in [0, 0.05) is 12.3 Å². The first-order chi connectivity index (χ1) is 18.0. The summed E-state index contributed by atoms with van der Waals surface area (Å²) >= 11 is 0. The van der Waals surface area contributed by atoms with Gasteiger partial charge in [0.15, 0.2) is 0 Å². The number of hydrogen-bond donors (Lipinski definition) is 1. The first-order valence-electron chi connectivity index (χ1n) is 14.4. The van der Waals surface area contributed by atoms with Crippen molar-refractivity contribution in [1.82, 2.24) is 0 Å². The molecule has 10 nitrogen and oxygen atoms in total. The quantitative estimate of drug-likeness (QED) is 0.154. The molecule has 4 rings (SSSR count). The number of Topliss-reactive ketones (excluding diaryl/α,β-unsaturated/α-hetero) is 1. The largest absolute Gasteiger partial charge is 1.00 e. The SMILES string of the molecule is CC(C)CCC[C@@H](COS(=O)(=O)[O-])[C@H]1CC[C@H]2[C@@H]3CC[C@@H]4[C@H](O)[C@H](OS(=O)(=O)[O-])CC[C@]4(C)[C@H]3C(=O)C[C@]12C.[Na+].[Na+]. The summed E-state index contributed by atoms with van der Waals surface area (Å²) in [5.74, 6) is 0.294. The van der Waals surface area contributed by atoms with Crippen molar-refractivity contribution in [2.45, 2.75) is 104 Å². The van der Waals surface area contributed by atoms with Crippen LogP contribution in [0.25, 0.3) is 0 Å². The number of ketones is 1. The maximum Gasteiger partial charge on any atom is 1.00 e. The summed E-state index contributed by atoms with van der Waals surface area (Å²) in [6.07, 6.45) is 4.47. The third-order valence-electron chi connectivity index (χ3n) is 11.1. The van der Waals surface area contributed by atoms with Gasteiger partial charge in [-0.15, -0.1) is 0 Å². The summed E-state index contributed by atoms with van der Waals surface area (Å²) in [5.41, 5.74) is -0.864. The Labute approximate surface area is 290 Å². The van der Waals surface area contributed by atoms with Crippen LogP contribution in [-0.4, -0.2) is 55.6 Å². The number of hydrogen-bond acceptors (Lipinski definition) is 10. The molecule has 0 aromatic heterocycles. The fourth-order valence-electron chi connectivity index (χ4n) is 9.55. The van der Waals surface area contributed by atoms with E-state index in [9.17, 15) is 35.8 Å². The fourth-order valence-corrected chi connectivity index (χ4v) is 10.4. The van der Waals surface area contributed by atoms with Crippen molar-refractivity contribution >= 4 is 26.6 Å². The Kier molecular flexibility index (Phi) is 13.6. The molecule has 226 valence electrons. The molecule has 0 unspecified atom stereocenters.